The second-order valence-electron chi connectivity index (χ2n) is 6.50. The number of Topliss-reactive ketones (excluding diaryl/α,β-unsaturated/α-hetero) is 1. The van der Waals surface area contributed by atoms with Gasteiger partial charge < -0.3 is 19.9 Å². The number of carboxylic acid groups (broad SMARTS) is 1. The maximum Gasteiger partial charge on any atom is 0.295 e. The molecule has 1 saturated heterocycles. The number of carboxylic acids is 1. The number of aliphatic hydroxyl groups is 1. The number of nitrogens with zero attached hydrogens (tertiary/aromatic N) is 1. The number of amides is 1. The van der Waals surface area contributed by atoms with Gasteiger partial charge in [-0.2, -0.15) is 0 Å². The van der Waals surface area contributed by atoms with Gasteiger partial charge in [0.1, 0.15) is 11.6 Å². The summed E-state index contributed by atoms with van der Waals surface area (Å²) in [5.41, 5.74) is 0.937. The van der Waals surface area contributed by atoms with Gasteiger partial charge in [-0.25, -0.2) is 4.39 Å². The zero-order valence-corrected chi connectivity index (χ0v) is 15.0. The summed E-state index contributed by atoms with van der Waals surface area (Å²) in [5.74, 6) is -4.52. The lowest BCUT2D eigenvalue weighted by molar-refractivity contribution is -0.305. The number of benzene rings is 2. The Morgan fingerprint density at radius 1 is 1.14 bits per heavy atom. The lowest BCUT2D eigenvalue weighted by atomic mass is 9.94. The molecule has 0 unspecified atom stereocenters. The molecule has 0 saturated carbocycles. The Hall–Kier alpha value is -3.48. The van der Waals surface area contributed by atoms with Crippen molar-refractivity contribution >= 4 is 23.4 Å². The summed E-state index contributed by atoms with van der Waals surface area (Å²) in [7, 11) is 0. The van der Waals surface area contributed by atoms with Crippen LogP contribution in [0.2, 0.25) is 0 Å². The van der Waals surface area contributed by atoms with E-state index in [1.807, 2.05) is 6.92 Å². The smallest absolute Gasteiger partial charge is 0.295 e. The van der Waals surface area contributed by atoms with Crippen LogP contribution in [0, 0.1) is 12.7 Å². The first kappa shape index (κ1) is 19.3. The minimum atomic E-state index is -1.41. The number of likely N-dealkylation sites (tertiary alicyclic amines) is 1. The second kappa shape index (κ2) is 7.64. The minimum absolute atomic E-state index is 0.00582. The molecule has 1 heterocycles. The Morgan fingerprint density at radius 2 is 1.79 bits per heavy atom. The van der Waals surface area contributed by atoms with Gasteiger partial charge in [0.05, 0.1) is 11.6 Å². The van der Waals surface area contributed by atoms with Crippen LogP contribution in [0.4, 0.5) is 4.39 Å². The molecule has 1 amide bonds. The molecule has 3 rings (SSSR count). The van der Waals surface area contributed by atoms with Crippen molar-refractivity contribution in [3.05, 3.63) is 76.6 Å². The maximum absolute atomic E-state index is 14.5. The van der Waals surface area contributed by atoms with Crippen molar-refractivity contribution in [2.75, 3.05) is 6.54 Å². The molecule has 1 atom stereocenters. The number of aliphatic carboxylic acids is 1. The standard InChI is InChI=1S/C21H18FNO5/c1-12-6-8-13(9-7-12)19(26)17-18(14-4-2-3-5-15(14)22)23(11-10-16(24)25)21(28)20(17)27/h2-9,18,26H,10-11H2,1H3,(H,24,25)/p-1/t18-/m0/s1. The highest BCUT2D eigenvalue weighted by Gasteiger charge is 2.46. The number of ketones is 1. The third-order valence-corrected chi connectivity index (χ3v) is 4.62. The third-order valence-electron chi connectivity index (χ3n) is 4.62. The van der Waals surface area contributed by atoms with Gasteiger partial charge in [0.2, 0.25) is 0 Å². The van der Waals surface area contributed by atoms with Gasteiger partial charge in [-0.05, 0) is 13.0 Å². The average Bonchev–Trinajstić information content (AvgIpc) is 2.91. The van der Waals surface area contributed by atoms with Crippen molar-refractivity contribution < 1.29 is 29.0 Å². The highest BCUT2D eigenvalue weighted by atomic mass is 19.1. The Labute approximate surface area is 160 Å². The highest BCUT2D eigenvalue weighted by molar-refractivity contribution is 6.46. The molecule has 0 radical (unpaired) electrons. The van der Waals surface area contributed by atoms with Crippen LogP contribution in [-0.2, 0) is 14.4 Å². The monoisotopic (exact) mass is 382 g/mol. The van der Waals surface area contributed by atoms with Crippen LogP contribution in [0.25, 0.3) is 5.76 Å². The zero-order valence-electron chi connectivity index (χ0n) is 15.0. The van der Waals surface area contributed by atoms with E-state index in [-0.39, 0.29) is 17.7 Å². The second-order valence-corrected chi connectivity index (χ2v) is 6.50. The van der Waals surface area contributed by atoms with Crippen LogP contribution in [0.15, 0.2) is 54.1 Å². The van der Waals surface area contributed by atoms with Crippen LogP contribution in [0.1, 0.15) is 29.2 Å². The van der Waals surface area contributed by atoms with E-state index < -0.39 is 41.7 Å². The van der Waals surface area contributed by atoms with Gasteiger partial charge >= 0.3 is 0 Å². The molecule has 0 bridgehead atoms. The molecular formula is C21H17FNO5-. The van der Waals surface area contributed by atoms with Crippen molar-refractivity contribution in [1.82, 2.24) is 4.90 Å². The van der Waals surface area contributed by atoms with E-state index in [0.29, 0.717) is 5.56 Å². The van der Waals surface area contributed by atoms with Gasteiger partial charge in [-0.1, -0.05) is 48.0 Å². The van der Waals surface area contributed by atoms with E-state index in [1.165, 1.54) is 24.3 Å². The molecule has 28 heavy (non-hydrogen) atoms. The molecule has 1 N–H and O–H groups in total. The molecule has 6 nitrogen and oxygen atoms in total. The van der Waals surface area contributed by atoms with E-state index in [2.05, 4.69) is 0 Å². The fourth-order valence-corrected chi connectivity index (χ4v) is 3.21. The molecular weight excluding hydrogens is 365 g/mol. The Kier molecular flexibility index (Phi) is 5.26. The summed E-state index contributed by atoms with van der Waals surface area (Å²) in [6.45, 7) is 1.50. The van der Waals surface area contributed by atoms with E-state index in [4.69, 9.17) is 0 Å². The molecule has 144 valence electrons. The lowest BCUT2D eigenvalue weighted by Gasteiger charge is -2.25. The van der Waals surface area contributed by atoms with Crippen LogP contribution >= 0.6 is 0 Å². The van der Waals surface area contributed by atoms with Gasteiger partial charge in [0.25, 0.3) is 11.7 Å². The number of carbonyl (C=O) groups is 3. The van der Waals surface area contributed by atoms with Crippen molar-refractivity contribution in [3.63, 3.8) is 0 Å². The first-order valence-corrected chi connectivity index (χ1v) is 8.61. The predicted octanol–water partition coefficient (Wildman–Crippen LogP) is 1.70. The van der Waals surface area contributed by atoms with Gasteiger partial charge in [0, 0.05) is 30.1 Å². The van der Waals surface area contributed by atoms with Crippen molar-refractivity contribution in [3.8, 4) is 0 Å². The van der Waals surface area contributed by atoms with E-state index in [1.54, 1.807) is 24.3 Å². The fraction of sp³-hybridized carbons (Fsp3) is 0.190. The van der Waals surface area contributed by atoms with Crippen LogP contribution < -0.4 is 5.11 Å². The maximum atomic E-state index is 14.5. The molecule has 1 aliphatic rings. The first-order valence-electron chi connectivity index (χ1n) is 8.61. The number of carbonyl (C=O) groups excluding carboxylic acids is 3. The van der Waals surface area contributed by atoms with Gasteiger partial charge in [-0.3, -0.25) is 9.59 Å². The number of aryl methyl sites for hydroxylation is 1. The summed E-state index contributed by atoms with van der Waals surface area (Å²) in [5, 5.41) is 21.6. The topological polar surface area (TPSA) is 97.7 Å². The molecule has 0 aromatic heterocycles. The third kappa shape index (κ3) is 3.51. The molecule has 0 spiro atoms. The molecule has 1 fully saturated rings. The summed E-state index contributed by atoms with van der Waals surface area (Å²) < 4.78 is 14.5. The number of aliphatic hydroxyl groups excluding tert-OH is 1. The average molecular weight is 382 g/mol. The molecule has 7 heteroatoms. The van der Waals surface area contributed by atoms with Crippen molar-refractivity contribution in [2.24, 2.45) is 0 Å². The van der Waals surface area contributed by atoms with E-state index >= 15 is 0 Å². The summed E-state index contributed by atoms with van der Waals surface area (Å²) in [6.07, 6.45) is -0.525. The number of halogens is 1. The largest absolute Gasteiger partial charge is 0.550 e. The quantitative estimate of drug-likeness (QED) is 0.482. The van der Waals surface area contributed by atoms with Crippen LogP contribution in [-0.4, -0.2) is 34.2 Å². The number of hydrogen-bond acceptors (Lipinski definition) is 5. The summed E-state index contributed by atoms with van der Waals surface area (Å²) in [4.78, 5) is 37.0. The molecule has 1 aliphatic heterocycles. The van der Waals surface area contributed by atoms with Gasteiger partial charge in [0.15, 0.2) is 0 Å². The fourth-order valence-electron chi connectivity index (χ4n) is 3.21. The SMILES string of the molecule is Cc1ccc(C(O)=C2C(=O)C(=O)N(CCC(=O)[O-])[C@H]2c2ccccc2F)cc1. The van der Waals surface area contributed by atoms with Crippen molar-refractivity contribution in [2.45, 2.75) is 19.4 Å². The Bertz CT molecular complexity index is 981. The number of hydrogen-bond donors (Lipinski definition) is 1. The highest BCUT2D eigenvalue weighted by Crippen LogP contribution is 2.40. The van der Waals surface area contributed by atoms with Crippen molar-refractivity contribution in [1.29, 1.82) is 0 Å². The molecule has 0 aliphatic carbocycles. The predicted molar refractivity (Wildman–Crippen MR) is 96.2 cm³/mol. The first-order chi connectivity index (χ1) is 13.3. The minimum Gasteiger partial charge on any atom is -0.550 e. The van der Waals surface area contributed by atoms with E-state index in [0.717, 1.165) is 10.5 Å². The molecule has 2 aromatic rings. The lowest BCUT2D eigenvalue weighted by Crippen LogP contribution is -2.35. The summed E-state index contributed by atoms with van der Waals surface area (Å²) >= 11 is 0. The number of rotatable bonds is 5. The Morgan fingerprint density at radius 3 is 2.39 bits per heavy atom. The summed E-state index contributed by atoms with van der Waals surface area (Å²) in [6, 6.07) is 10.9. The molecule has 2 aromatic carbocycles. The van der Waals surface area contributed by atoms with Crippen LogP contribution in [0.3, 0.4) is 0 Å². The van der Waals surface area contributed by atoms with Crippen LogP contribution in [0.5, 0.6) is 0 Å². The normalized spacial score (nSPS) is 18.5. The van der Waals surface area contributed by atoms with Gasteiger partial charge in [-0.15, -0.1) is 0 Å². The zero-order chi connectivity index (χ0) is 20.4. The Balaban J connectivity index is 2.18. The van der Waals surface area contributed by atoms with E-state index in [9.17, 15) is 29.0 Å².